The van der Waals surface area contributed by atoms with Gasteiger partial charge in [0.15, 0.2) is 0 Å². The number of anilines is 1. The summed E-state index contributed by atoms with van der Waals surface area (Å²) in [5.74, 6) is -0.218. The first-order valence-electron chi connectivity index (χ1n) is 3.65. The van der Waals surface area contributed by atoms with Gasteiger partial charge in [-0.3, -0.25) is 0 Å². The predicted molar refractivity (Wildman–Crippen MR) is 53.2 cm³/mol. The Kier molecular flexibility index (Phi) is 2.73. The summed E-state index contributed by atoms with van der Waals surface area (Å²) >= 11 is 3.14. The third-order valence-electron chi connectivity index (χ3n) is 1.72. The normalized spacial score (nSPS) is 10.1. The molecule has 0 unspecified atom stereocenters. The van der Waals surface area contributed by atoms with Crippen LogP contribution in [0.2, 0.25) is 0 Å². The van der Waals surface area contributed by atoms with Gasteiger partial charge in [0.1, 0.15) is 5.82 Å². The summed E-state index contributed by atoms with van der Waals surface area (Å²) < 4.78 is 13.6. The van der Waals surface area contributed by atoms with Gasteiger partial charge < -0.3 is 4.90 Å². The molecule has 0 aliphatic rings. The molecule has 0 atom stereocenters. The van der Waals surface area contributed by atoms with Crippen LogP contribution in [0.25, 0.3) is 0 Å². The number of halogens is 2. The Bertz CT molecular complexity index is 297. The third-order valence-corrected chi connectivity index (χ3v) is 2.33. The molecule has 0 aliphatic carbocycles. The second-order valence-corrected chi connectivity index (χ2v) is 3.80. The molecule has 1 rings (SSSR count). The second-order valence-electron chi connectivity index (χ2n) is 2.95. The zero-order chi connectivity index (χ0) is 9.30. The largest absolute Gasteiger partial charge is 0.377 e. The van der Waals surface area contributed by atoms with Crippen LogP contribution in [0.1, 0.15) is 5.56 Å². The molecule has 0 amide bonds. The van der Waals surface area contributed by atoms with Crippen LogP contribution < -0.4 is 4.90 Å². The molecule has 0 aromatic heterocycles. The highest BCUT2D eigenvalue weighted by Gasteiger charge is 2.05. The Morgan fingerprint density at radius 3 is 2.42 bits per heavy atom. The summed E-state index contributed by atoms with van der Waals surface area (Å²) in [6, 6.07) is 3.31. The Balaban J connectivity index is 3.23. The van der Waals surface area contributed by atoms with Gasteiger partial charge >= 0.3 is 0 Å². The molecule has 0 heterocycles. The number of benzene rings is 1. The first-order valence-corrected chi connectivity index (χ1v) is 4.44. The number of nitrogens with zero attached hydrogens (tertiary/aromatic N) is 1. The van der Waals surface area contributed by atoms with Crippen molar-refractivity contribution < 1.29 is 4.39 Å². The van der Waals surface area contributed by atoms with Crippen LogP contribution in [0.3, 0.4) is 0 Å². The highest BCUT2D eigenvalue weighted by Crippen LogP contribution is 2.25. The van der Waals surface area contributed by atoms with E-state index >= 15 is 0 Å². The molecule has 0 saturated heterocycles. The fourth-order valence-corrected chi connectivity index (χ4v) is 1.58. The molecule has 3 heteroatoms. The monoisotopic (exact) mass is 231 g/mol. The van der Waals surface area contributed by atoms with E-state index in [9.17, 15) is 4.39 Å². The van der Waals surface area contributed by atoms with Gasteiger partial charge in [-0.1, -0.05) is 0 Å². The lowest BCUT2D eigenvalue weighted by molar-refractivity contribution is 0.620. The van der Waals surface area contributed by atoms with E-state index in [0.717, 1.165) is 11.3 Å². The topological polar surface area (TPSA) is 3.24 Å². The first-order chi connectivity index (χ1) is 5.52. The first kappa shape index (κ1) is 9.52. The minimum absolute atomic E-state index is 0.218. The van der Waals surface area contributed by atoms with Gasteiger partial charge in [-0.25, -0.2) is 4.39 Å². The van der Waals surface area contributed by atoms with Crippen molar-refractivity contribution >= 4 is 21.6 Å². The summed E-state index contributed by atoms with van der Waals surface area (Å²) in [7, 11) is 3.80. The molecule has 0 spiro atoms. The highest BCUT2D eigenvalue weighted by atomic mass is 79.9. The summed E-state index contributed by atoms with van der Waals surface area (Å²) in [5, 5.41) is 0. The lowest BCUT2D eigenvalue weighted by Crippen LogP contribution is -2.10. The highest BCUT2D eigenvalue weighted by molar-refractivity contribution is 9.10. The van der Waals surface area contributed by atoms with Crippen LogP contribution in [0, 0.1) is 12.7 Å². The van der Waals surface area contributed by atoms with Crippen molar-refractivity contribution in [3.63, 3.8) is 0 Å². The van der Waals surface area contributed by atoms with E-state index in [1.165, 1.54) is 6.07 Å². The van der Waals surface area contributed by atoms with Crippen LogP contribution in [0.15, 0.2) is 16.6 Å². The maximum Gasteiger partial charge on any atom is 0.139 e. The zero-order valence-corrected chi connectivity index (χ0v) is 8.94. The van der Waals surface area contributed by atoms with Crippen molar-refractivity contribution in [1.82, 2.24) is 0 Å². The van der Waals surface area contributed by atoms with Crippen LogP contribution in [0.4, 0.5) is 10.1 Å². The van der Waals surface area contributed by atoms with Crippen molar-refractivity contribution in [2.45, 2.75) is 6.92 Å². The fraction of sp³-hybridized carbons (Fsp3) is 0.333. The van der Waals surface area contributed by atoms with E-state index < -0.39 is 0 Å². The van der Waals surface area contributed by atoms with Crippen molar-refractivity contribution in [1.29, 1.82) is 0 Å². The molecule has 12 heavy (non-hydrogen) atoms. The van der Waals surface area contributed by atoms with Gasteiger partial charge in [0.25, 0.3) is 0 Å². The maximum atomic E-state index is 13.0. The Labute approximate surface area is 80.3 Å². The Morgan fingerprint density at radius 2 is 1.92 bits per heavy atom. The van der Waals surface area contributed by atoms with Crippen molar-refractivity contribution in [2.75, 3.05) is 19.0 Å². The van der Waals surface area contributed by atoms with Crippen molar-refractivity contribution in [3.8, 4) is 0 Å². The quantitative estimate of drug-likeness (QED) is 0.719. The maximum absolute atomic E-state index is 13.0. The molecule has 0 saturated carbocycles. The van der Waals surface area contributed by atoms with Gasteiger partial charge in [-0.05, 0) is 40.5 Å². The lowest BCUT2D eigenvalue weighted by Gasteiger charge is -2.15. The van der Waals surface area contributed by atoms with Gasteiger partial charge in [0, 0.05) is 19.8 Å². The predicted octanol–water partition coefficient (Wildman–Crippen LogP) is 2.96. The van der Waals surface area contributed by atoms with E-state index in [1.54, 1.807) is 6.07 Å². The van der Waals surface area contributed by atoms with Gasteiger partial charge in [0.2, 0.25) is 0 Å². The van der Waals surface area contributed by atoms with Gasteiger partial charge in [-0.2, -0.15) is 0 Å². The number of rotatable bonds is 1. The molecule has 0 fully saturated rings. The second kappa shape index (κ2) is 3.44. The van der Waals surface area contributed by atoms with Crippen LogP contribution in [0.5, 0.6) is 0 Å². The van der Waals surface area contributed by atoms with Crippen molar-refractivity contribution in [3.05, 3.63) is 28.0 Å². The molecule has 1 nitrogen and oxygen atoms in total. The average Bonchev–Trinajstić information content (AvgIpc) is 1.96. The number of hydrogen-bond donors (Lipinski definition) is 0. The molecular weight excluding hydrogens is 221 g/mol. The van der Waals surface area contributed by atoms with Crippen LogP contribution in [-0.2, 0) is 0 Å². The Hall–Kier alpha value is -0.570. The van der Waals surface area contributed by atoms with E-state index in [2.05, 4.69) is 15.9 Å². The summed E-state index contributed by atoms with van der Waals surface area (Å²) in [6.07, 6.45) is 0. The van der Waals surface area contributed by atoms with E-state index in [0.29, 0.717) is 4.47 Å². The minimum atomic E-state index is -0.218. The van der Waals surface area contributed by atoms with E-state index in [1.807, 2.05) is 25.9 Å². The molecule has 0 bridgehead atoms. The molecule has 1 aromatic rings. The summed E-state index contributed by atoms with van der Waals surface area (Å²) in [4.78, 5) is 1.89. The van der Waals surface area contributed by atoms with E-state index in [4.69, 9.17) is 0 Å². The van der Waals surface area contributed by atoms with E-state index in [-0.39, 0.29) is 5.82 Å². The molecule has 0 aliphatic heterocycles. The molecule has 0 radical (unpaired) electrons. The standard InChI is InChI=1S/C9H11BrFN/c1-6-4-7(10)8(11)5-9(6)12(2)3/h4-5H,1-3H3. The molecule has 0 N–H and O–H groups in total. The number of hydrogen-bond acceptors (Lipinski definition) is 1. The molecule has 1 aromatic carbocycles. The smallest absolute Gasteiger partial charge is 0.139 e. The van der Waals surface area contributed by atoms with Gasteiger partial charge in [0.05, 0.1) is 4.47 Å². The summed E-state index contributed by atoms with van der Waals surface area (Å²) in [5.41, 5.74) is 1.98. The average molecular weight is 232 g/mol. The lowest BCUT2D eigenvalue weighted by atomic mass is 10.2. The third kappa shape index (κ3) is 1.78. The molecule has 66 valence electrons. The minimum Gasteiger partial charge on any atom is -0.377 e. The van der Waals surface area contributed by atoms with Crippen molar-refractivity contribution in [2.24, 2.45) is 0 Å². The van der Waals surface area contributed by atoms with Crippen LogP contribution >= 0.6 is 15.9 Å². The molecular formula is C9H11BrFN. The fourth-order valence-electron chi connectivity index (χ4n) is 1.12. The SMILES string of the molecule is Cc1cc(Br)c(F)cc1N(C)C. The number of aryl methyl sites for hydroxylation is 1. The Morgan fingerprint density at radius 1 is 1.33 bits per heavy atom. The van der Waals surface area contributed by atoms with Gasteiger partial charge in [-0.15, -0.1) is 0 Å². The zero-order valence-electron chi connectivity index (χ0n) is 7.36. The van der Waals surface area contributed by atoms with Crippen LogP contribution in [-0.4, -0.2) is 14.1 Å². The summed E-state index contributed by atoms with van der Waals surface area (Å²) in [6.45, 7) is 1.96.